The van der Waals surface area contributed by atoms with Crippen molar-refractivity contribution in [2.24, 2.45) is 10.3 Å². The molecule has 0 unspecified atom stereocenters. The molecule has 0 aliphatic carbocycles. The molecule has 0 aromatic heterocycles. The minimum atomic E-state index is -1.60. The Morgan fingerprint density at radius 2 is 2.18 bits per heavy atom. The molecular formula is C4H3N3O4. The molecule has 1 rings (SSSR count). The summed E-state index contributed by atoms with van der Waals surface area (Å²) in [5.41, 5.74) is 0. The lowest BCUT2D eigenvalue weighted by Gasteiger charge is -2.10. The summed E-state index contributed by atoms with van der Waals surface area (Å²) in [5, 5.41) is 14.3. The maximum Gasteiger partial charge on any atom is 0.437 e. The van der Waals surface area contributed by atoms with Crippen molar-refractivity contribution >= 4 is 17.8 Å². The van der Waals surface area contributed by atoms with Crippen molar-refractivity contribution in [3.8, 4) is 0 Å². The SMILES string of the molecule is O=C1CN=NN(C(=O)O)C1=O. The van der Waals surface area contributed by atoms with Crippen LogP contribution in [0.4, 0.5) is 4.79 Å². The van der Waals surface area contributed by atoms with Crippen molar-refractivity contribution in [2.45, 2.75) is 0 Å². The van der Waals surface area contributed by atoms with E-state index >= 15 is 0 Å². The molecule has 0 spiro atoms. The maximum atomic E-state index is 10.6. The molecule has 0 saturated carbocycles. The molecule has 11 heavy (non-hydrogen) atoms. The lowest BCUT2D eigenvalue weighted by atomic mass is 10.3. The highest BCUT2D eigenvalue weighted by molar-refractivity contribution is 6.39. The Morgan fingerprint density at radius 3 is 2.64 bits per heavy atom. The number of amides is 2. The predicted molar refractivity (Wildman–Crippen MR) is 29.6 cm³/mol. The smallest absolute Gasteiger partial charge is 0.437 e. The van der Waals surface area contributed by atoms with Gasteiger partial charge in [-0.05, 0) is 0 Å². The second kappa shape index (κ2) is 2.45. The van der Waals surface area contributed by atoms with E-state index < -0.39 is 17.8 Å². The van der Waals surface area contributed by atoms with Crippen molar-refractivity contribution < 1.29 is 19.5 Å². The molecule has 2 amide bonds. The fourth-order valence-electron chi connectivity index (χ4n) is 0.511. The second-order valence-electron chi connectivity index (χ2n) is 1.71. The summed E-state index contributed by atoms with van der Waals surface area (Å²) < 4.78 is 0. The Hall–Kier alpha value is -1.79. The third kappa shape index (κ3) is 1.20. The number of nitrogens with zero attached hydrogens (tertiary/aromatic N) is 3. The molecule has 7 heteroatoms. The van der Waals surface area contributed by atoms with Crippen LogP contribution < -0.4 is 0 Å². The Bertz CT molecular complexity index is 258. The van der Waals surface area contributed by atoms with Gasteiger partial charge in [0.15, 0.2) is 0 Å². The standard InChI is InChI=1S/C4H3N3O4/c8-2-1-5-6-7(3(2)9)4(10)11/h1H2,(H,10,11). The molecule has 0 bridgehead atoms. The molecule has 0 atom stereocenters. The molecule has 1 N–H and O–H groups in total. The number of carbonyl (C=O) groups excluding carboxylic acids is 2. The van der Waals surface area contributed by atoms with Crippen LogP contribution in [0, 0.1) is 0 Å². The van der Waals surface area contributed by atoms with Gasteiger partial charge in [0.25, 0.3) is 0 Å². The Labute approximate surface area is 60.3 Å². The van der Waals surface area contributed by atoms with Gasteiger partial charge >= 0.3 is 12.0 Å². The molecule has 0 fully saturated rings. The van der Waals surface area contributed by atoms with Crippen molar-refractivity contribution in [1.82, 2.24) is 5.01 Å². The van der Waals surface area contributed by atoms with Crippen LogP contribution in [-0.2, 0) is 9.59 Å². The van der Waals surface area contributed by atoms with Gasteiger partial charge in [0, 0.05) is 0 Å². The molecule has 1 aliphatic rings. The highest BCUT2D eigenvalue weighted by atomic mass is 16.4. The lowest BCUT2D eigenvalue weighted by Crippen LogP contribution is -2.39. The van der Waals surface area contributed by atoms with Crippen LogP contribution in [0.25, 0.3) is 0 Å². The van der Waals surface area contributed by atoms with E-state index in [-0.39, 0.29) is 11.6 Å². The number of hydrogen-bond donors (Lipinski definition) is 1. The number of rotatable bonds is 0. The zero-order valence-electron chi connectivity index (χ0n) is 5.22. The normalized spacial score (nSPS) is 17.3. The van der Waals surface area contributed by atoms with Gasteiger partial charge in [-0.2, -0.15) is 5.11 Å². The molecule has 0 saturated heterocycles. The zero-order chi connectivity index (χ0) is 8.43. The van der Waals surface area contributed by atoms with Crippen LogP contribution in [-0.4, -0.2) is 34.4 Å². The van der Waals surface area contributed by atoms with Gasteiger partial charge in [-0.15, -0.1) is 5.01 Å². The van der Waals surface area contributed by atoms with E-state index in [1.165, 1.54) is 0 Å². The maximum absolute atomic E-state index is 10.6. The van der Waals surface area contributed by atoms with Gasteiger partial charge in [-0.25, -0.2) is 4.79 Å². The summed E-state index contributed by atoms with van der Waals surface area (Å²) in [7, 11) is 0. The first-order chi connectivity index (χ1) is 5.13. The number of ketones is 1. The number of carboxylic acid groups (broad SMARTS) is 1. The van der Waals surface area contributed by atoms with Gasteiger partial charge in [0.2, 0.25) is 5.78 Å². The number of hydrogen-bond acceptors (Lipinski definition) is 5. The molecule has 0 aromatic carbocycles. The Kier molecular flexibility index (Phi) is 1.63. The highest BCUT2D eigenvalue weighted by Gasteiger charge is 2.30. The van der Waals surface area contributed by atoms with Crippen molar-refractivity contribution in [3.63, 3.8) is 0 Å². The van der Waals surface area contributed by atoms with E-state index in [4.69, 9.17) is 5.11 Å². The molecule has 7 nitrogen and oxygen atoms in total. The molecule has 58 valence electrons. The van der Waals surface area contributed by atoms with E-state index in [1.54, 1.807) is 0 Å². The van der Waals surface area contributed by atoms with Gasteiger partial charge < -0.3 is 5.11 Å². The van der Waals surface area contributed by atoms with Crippen molar-refractivity contribution in [3.05, 3.63) is 0 Å². The van der Waals surface area contributed by atoms with E-state index in [0.29, 0.717) is 0 Å². The average Bonchev–Trinajstić information content (AvgIpc) is 1.94. The fraction of sp³-hybridized carbons (Fsp3) is 0.250. The Morgan fingerprint density at radius 1 is 1.55 bits per heavy atom. The largest absolute Gasteiger partial charge is 0.463 e. The van der Waals surface area contributed by atoms with Gasteiger partial charge in [0.05, 0.1) is 0 Å². The number of Topliss-reactive ketones (excluding diaryl/α,β-unsaturated/α-hetero) is 1. The Balaban J connectivity index is 2.89. The number of imide groups is 1. The molecule has 1 heterocycles. The predicted octanol–water partition coefficient (Wildman–Crippen LogP) is -0.557. The van der Waals surface area contributed by atoms with Crippen LogP contribution in [0.2, 0.25) is 0 Å². The molecule has 0 aromatic rings. The molecular weight excluding hydrogens is 154 g/mol. The summed E-state index contributed by atoms with van der Waals surface area (Å²) in [6, 6.07) is 0. The topological polar surface area (TPSA) is 99.4 Å². The van der Waals surface area contributed by atoms with Crippen LogP contribution >= 0.6 is 0 Å². The van der Waals surface area contributed by atoms with Crippen LogP contribution in [0.1, 0.15) is 0 Å². The average molecular weight is 157 g/mol. The monoisotopic (exact) mass is 157 g/mol. The molecule has 1 aliphatic heterocycles. The zero-order valence-corrected chi connectivity index (χ0v) is 5.22. The van der Waals surface area contributed by atoms with Crippen molar-refractivity contribution in [1.29, 1.82) is 0 Å². The number of carbonyl (C=O) groups is 3. The third-order valence-electron chi connectivity index (χ3n) is 0.979. The summed E-state index contributed by atoms with van der Waals surface area (Å²) >= 11 is 0. The van der Waals surface area contributed by atoms with E-state index in [0.717, 1.165) is 0 Å². The minimum absolute atomic E-state index is 0.00579. The van der Waals surface area contributed by atoms with E-state index in [1.807, 2.05) is 0 Å². The second-order valence-corrected chi connectivity index (χ2v) is 1.71. The summed E-state index contributed by atoms with van der Waals surface area (Å²) in [6.07, 6.45) is -1.60. The van der Waals surface area contributed by atoms with E-state index in [2.05, 4.69) is 10.3 Å². The first-order valence-corrected chi connectivity index (χ1v) is 2.60. The minimum Gasteiger partial charge on any atom is -0.463 e. The summed E-state index contributed by atoms with van der Waals surface area (Å²) in [4.78, 5) is 31.2. The third-order valence-corrected chi connectivity index (χ3v) is 0.979. The highest BCUT2D eigenvalue weighted by Crippen LogP contribution is 2.00. The first kappa shape index (κ1) is 7.32. The van der Waals surface area contributed by atoms with Crippen molar-refractivity contribution in [2.75, 3.05) is 6.54 Å². The van der Waals surface area contributed by atoms with E-state index in [9.17, 15) is 14.4 Å². The van der Waals surface area contributed by atoms with Gasteiger partial charge in [0.1, 0.15) is 6.54 Å². The quantitative estimate of drug-likeness (QED) is 0.476. The fourth-order valence-corrected chi connectivity index (χ4v) is 0.511. The van der Waals surface area contributed by atoms with Gasteiger partial charge in [-0.1, -0.05) is 5.22 Å². The van der Waals surface area contributed by atoms with Crippen LogP contribution in [0.15, 0.2) is 10.3 Å². The van der Waals surface area contributed by atoms with Gasteiger partial charge in [-0.3, -0.25) is 9.59 Å². The first-order valence-electron chi connectivity index (χ1n) is 2.60. The lowest BCUT2D eigenvalue weighted by molar-refractivity contribution is -0.144. The van der Waals surface area contributed by atoms with Crippen LogP contribution in [0.5, 0.6) is 0 Å². The van der Waals surface area contributed by atoms with Crippen LogP contribution in [0.3, 0.4) is 0 Å². The molecule has 0 radical (unpaired) electrons. The summed E-state index contributed by atoms with van der Waals surface area (Å²) in [6.45, 7) is -0.372. The summed E-state index contributed by atoms with van der Waals surface area (Å²) in [5.74, 6) is -2.03.